The minimum atomic E-state index is -0.134. The first kappa shape index (κ1) is 11.2. The van der Waals surface area contributed by atoms with Crippen LogP contribution < -0.4 is 0 Å². The molecule has 0 saturated heterocycles. The van der Waals surface area contributed by atoms with E-state index in [1.807, 2.05) is 42.5 Å². The molecule has 0 aliphatic rings. The fraction of sp³-hybridized carbons (Fsp3) is 0.143. The smallest absolute Gasteiger partial charge is 0.157 e. The van der Waals surface area contributed by atoms with Crippen LogP contribution in [0.5, 0.6) is 0 Å². The number of hydrogen-bond donors (Lipinski definition) is 0. The van der Waals surface area contributed by atoms with Crippen LogP contribution in [0.1, 0.15) is 0 Å². The number of benzene rings is 2. The van der Waals surface area contributed by atoms with Gasteiger partial charge in [0.25, 0.3) is 0 Å². The van der Waals surface area contributed by atoms with Crippen LogP contribution in [0.3, 0.4) is 0 Å². The van der Waals surface area contributed by atoms with Gasteiger partial charge in [-0.2, -0.15) is 0 Å². The lowest BCUT2D eigenvalue weighted by Gasteiger charge is -2.04. The summed E-state index contributed by atoms with van der Waals surface area (Å²) >= 11 is 0. The van der Waals surface area contributed by atoms with Crippen molar-refractivity contribution in [3.05, 3.63) is 54.3 Å². The third-order valence-corrected chi connectivity index (χ3v) is 3.69. The van der Waals surface area contributed by atoms with Gasteiger partial charge < -0.3 is 0 Å². The van der Waals surface area contributed by atoms with Crippen molar-refractivity contribution in [3.8, 4) is 11.1 Å². The second kappa shape index (κ2) is 4.71. The molecule has 0 nitrogen and oxygen atoms in total. The zero-order valence-electron chi connectivity index (χ0n) is 9.41. The van der Waals surface area contributed by atoms with Crippen molar-refractivity contribution in [1.82, 2.24) is 0 Å². The van der Waals surface area contributed by atoms with E-state index in [1.165, 1.54) is 0 Å². The molecule has 0 N–H and O–H groups in total. The molecule has 0 spiro atoms. The molecule has 0 aliphatic carbocycles. The van der Waals surface area contributed by atoms with E-state index >= 15 is 0 Å². The molecule has 0 saturated carbocycles. The van der Waals surface area contributed by atoms with Crippen molar-refractivity contribution in [2.24, 2.45) is 0 Å². The van der Waals surface area contributed by atoms with Crippen molar-refractivity contribution in [1.29, 1.82) is 0 Å². The van der Waals surface area contributed by atoms with E-state index in [4.69, 9.17) is 0 Å². The standard InChI is InChI=1S/C14H14FS/c1-16(2)12-8-9-13(14(15)10-12)11-6-4-3-5-7-11/h3-10H,1-2H3/q+1. The molecule has 82 valence electrons. The van der Waals surface area contributed by atoms with Gasteiger partial charge in [0.2, 0.25) is 0 Å². The first-order valence-corrected chi connectivity index (χ1v) is 7.15. The number of hydrogen-bond acceptors (Lipinski definition) is 0. The summed E-state index contributed by atoms with van der Waals surface area (Å²) in [4.78, 5) is 1.07. The van der Waals surface area contributed by atoms with Gasteiger partial charge in [0.1, 0.15) is 18.3 Å². The highest BCUT2D eigenvalue weighted by atomic mass is 32.2. The van der Waals surface area contributed by atoms with Gasteiger partial charge >= 0.3 is 0 Å². The maximum atomic E-state index is 13.9. The summed E-state index contributed by atoms with van der Waals surface area (Å²) < 4.78 is 13.9. The number of halogens is 1. The Labute approximate surface area is 98.5 Å². The molecule has 0 amide bonds. The van der Waals surface area contributed by atoms with E-state index in [1.54, 1.807) is 6.07 Å². The highest BCUT2D eigenvalue weighted by Gasteiger charge is 2.12. The van der Waals surface area contributed by atoms with Gasteiger partial charge in [0, 0.05) is 22.5 Å². The Kier molecular flexibility index (Phi) is 3.30. The SMILES string of the molecule is C[S+](C)c1ccc(-c2ccccc2)c(F)c1. The van der Waals surface area contributed by atoms with Crippen LogP contribution in [0.15, 0.2) is 53.4 Å². The molecular weight excluding hydrogens is 219 g/mol. The molecule has 2 heteroatoms. The minimum absolute atomic E-state index is 0.106. The third-order valence-electron chi connectivity index (χ3n) is 2.50. The van der Waals surface area contributed by atoms with Crippen molar-refractivity contribution in [3.63, 3.8) is 0 Å². The van der Waals surface area contributed by atoms with Crippen molar-refractivity contribution in [2.75, 3.05) is 12.5 Å². The fourth-order valence-electron chi connectivity index (χ4n) is 1.60. The minimum Gasteiger partial charge on any atom is -0.206 e. The first-order chi connectivity index (χ1) is 7.68. The fourth-order valence-corrected chi connectivity index (χ4v) is 2.28. The molecule has 2 rings (SSSR count). The van der Waals surface area contributed by atoms with Crippen molar-refractivity contribution in [2.45, 2.75) is 4.90 Å². The highest BCUT2D eigenvalue weighted by molar-refractivity contribution is 7.95. The normalized spacial score (nSPS) is 10.8. The van der Waals surface area contributed by atoms with E-state index in [9.17, 15) is 4.39 Å². The Balaban J connectivity index is 2.45. The molecule has 0 atom stereocenters. The topological polar surface area (TPSA) is 0 Å². The Morgan fingerprint density at radius 2 is 1.62 bits per heavy atom. The molecule has 0 unspecified atom stereocenters. The molecule has 0 aromatic heterocycles. The maximum Gasteiger partial charge on any atom is 0.157 e. The second-order valence-corrected chi connectivity index (χ2v) is 5.93. The van der Waals surface area contributed by atoms with Crippen LogP contribution >= 0.6 is 0 Å². The molecule has 2 aromatic carbocycles. The van der Waals surface area contributed by atoms with E-state index < -0.39 is 0 Å². The summed E-state index contributed by atoms with van der Waals surface area (Å²) in [5.74, 6) is -0.134. The lowest BCUT2D eigenvalue weighted by atomic mass is 10.1. The lowest BCUT2D eigenvalue weighted by molar-refractivity contribution is 0.627. The Morgan fingerprint density at radius 1 is 0.938 bits per heavy atom. The summed E-state index contributed by atoms with van der Waals surface area (Å²) in [6.07, 6.45) is 4.19. The predicted octanol–water partition coefficient (Wildman–Crippen LogP) is 3.73. The summed E-state index contributed by atoms with van der Waals surface area (Å²) in [7, 11) is 0.106. The highest BCUT2D eigenvalue weighted by Crippen LogP contribution is 2.24. The van der Waals surface area contributed by atoms with E-state index in [0.717, 1.165) is 10.5 Å². The Morgan fingerprint density at radius 3 is 2.19 bits per heavy atom. The quantitative estimate of drug-likeness (QED) is 0.693. The van der Waals surface area contributed by atoms with E-state index in [0.29, 0.717) is 5.56 Å². The van der Waals surface area contributed by atoms with Gasteiger partial charge in [-0.05, 0) is 17.7 Å². The van der Waals surface area contributed by atoms with Crippen molar-refractivity contribution < 1.29 is 4.39 Å². The molecule has 2 aromatic rings. The zero-order chi connectivity index (χ0) is 11.5. The van der Waals surface area contributed by atoms with Gasteiger partial charge in [0.05, 0.1) is 0 Å². The van der Waals surface area contributed by atoms with Gasteiger partial charge in [-0.3, -0.25) is 0 Å². The van der Waals surface area contributed by atoms with Crippen LogP contribution in [-0.4, -0.2) is 12.5 Å². The monoisotopic (exact) mass is 233 g/mol. The van der Waals surface area contributed by atoms with Crippen molar-refractivity contribution >= 4 is 10.9 Å². The Hall–Kier alpha value is -1.28. The van der Waals surface area contributed by atoms with Crippen LogP contribution in [0.2, 0.25) is 0 Å². The van der Waals surface area contributed by atoms with E-state index in [2.05, 4.69) is 12.5 Å². The summed E-state index contributed by atoms with van der Waals surface area (Å²) in [5.41, 5.74) is 1.61. The van der Waals surface area contributed by atoms with Gasteiger partial charge in [-0.15, -0.1) is 0 Å². The molecule has 0 radical (unpaired) electrons. The van der Waals surface area contributed by atoms with Gasteiger partial charge in [-0.1, -0.05) is 30.3 Å². The van der Waals surface area contributed by atoms with E-state index in [-0.39, 0.29) is 16.7 Å². The van der Waals surface area contributed by atoms with Gasteiger partial charge in [-0.25, -0.2) is 4.39 Å². The largest absolute Gasteiger partial charge is 0.206 e. The Bertz CT molecular complexity index is 477. The first-order valence-electron chi connectivity index (χ1n) is 5.11. The molecule has 0 bridgehead atoms. The maximum absolute atomic E-state index is 13.9. The average molecular weight is 233 g/mol. The summed E-state index contributed by atoms with van der Waals surface area (Å²) in [6.45, 7) is 0. The molecular formula is C14H14FS+. The zero-order valence-corrected chi connectivity index (χ0v) is 10.2. The van der Waals surface area contributed by atoms with Gasteiger partial charge in [0.15, 0.2) is 4.90 Å². The second-order valence-electron chi connectivity index (χ2n) is 3.82. The van der Waals surface area contributed by atoms with Crippen LogP contribution in [0, 0.1) is 5.82 Å². The number of rotatable bonds is 2. The third kappa shape index (κ3) is 2.27. The summed E-state index contributed by atoms with van der Waals surface area (Å²) in [5, 5.41) is 0. The molecule has 16 heavy (non-hydrogen) atoms. The molecule has 0 heterocycles. The predicted molar refractivity (Wildman–Crippen MR) is 69.3 cm³/mol. The van der Waals surface area contributed by atoms with Crippen LogP contribution in [0.25, 0.3) is 11.1 Å². The van der Waals surface area contributed by atoms with Crippen LogP contribution in [-0.2, 0) is 10.9 Å². The molecule has 0 fully saturated rings. The van der Waals surface area contributed by atoms with Crippen LogP contribution in [0.4, 0.5) is 4.39 Å². The average Bonchev–Trinajstić information content (AvgIpc) is 2.30. The summed E-state index contributed by atoms with van der Waals surface area (Å²) in [6, 6.07) is 15.2. The lowest BCUT2D eigenvalue weighted by Crippen LogP contribution is -1.97. The molecule has 0 aliphatic heterocycles.